The van der Waals surface area contributed by atoms with Crippen LogP contribution in [0.25, 0.3) is 94.5 Å². The molecule has 4 aromatic heterocycles. The number of benzene rings is 7. The molecule has 0 aliphatic heterocycles. The monoisotopic (exact) mass is 1100 g/mol. The number of aromatic nitrogens is 4. The third-order valence-corrected chi connectivity index (χ3v) is 13.0. The molecule has 11 aromatic rings. The van der Waals surface area contributed by atoms with Crippen LogP contribution in [0.4, 0.5) is 4.39 Å². The Morgan fingerprint density at radius 1 is 0.671 bits per heavy atom. The molecule has 0 saturated carbocycles. The van der Waals surface area contributed by atoms with Gasteiger partial charge >= 0.3 is 0 Å². The Morgan fingerprint density at radius 2 is 1.36 bits per heavy atom. The van der Waals surface area contributed by atoms with E-state index >= 15 is 0 Å². The van der Waals surface area contributed by atoms with Crippen LogP contribution in [-0.2, 0) is 25.5 Å². The van der Waals surface area contributed by atoms with Crippen LogP contribution in [0.15, 0.2) is 162 Å². The average Bonchev–Trinajstić information content (AvgIpc) is 3.96. The molecular formula is C63H55FIrN4O-2. The molecule has 70 heavy (non-hydrogen) atoms. The van der Waals surface area contributed by atoms with E-state index < -0.39 is 12.7 Å². The fraction of sp³-hybridized carbons (Fsp3) is 0.190. The number of rotatable bonds is 7. The third-order valence-electron chi connectivity index (χ3n) is 13.0. The van der Waals surface area contributed by atoms with E-state index in [1.807, 2.05) is 18.2 Å². The van der Waals surface area contributed by atoms with Gasteiger partial charge in [0, 0.05) is 52.7 Å². The van der Waals surface area contributed by atoms with Gasteiger partial charge in [-0.1, -0.05) is 181 Å². The van der Waals surface area contributed by atoms with Crippen molar-refractivity contribution in [2.24, 2.45) is 0 Å². The number of para-hydroxylation sites is 2. The van der Waals surface area contributed by atoms with E-state index in [4.69, 9.17) is 18.5 Å². The number of hydrogen-bond acceptors (Lipinski definition) is 4. The van der Waals surface area contributed by atoms with E-state index in [1.165, 1.54) is 34.0 Å². The Balaban J connectivity index is 0.000000251. The molecule has 11 rings (SSSR count). The first-order valence-electron chi connectivity index (χ1n) is 25.1. The first-order chi connectivity index (χ1) is 34.5. The maximum atomic E-state index is 14.1. The van der Waals surface area contributed by atoms with Gasteiger partial charge in [0.15, 0.2) is 0 Å². The van der Waals surface area contributed by atoms with Crippen molar-refractivity contribution in [3.63, 3.8) is 0 Å². The first-order valence-corrected chi connectivity index (χ1v) is 23.6. The van der Waals surface area contributed by atoms with Crippen molar-refractivity contribution in [3.8, 4) is 50.6 Å². The Hall–Kier alpha value is -7.05. The molecule has 0 saturated heterocycles. The predicted molar refractivity (Wildman–Crippen MR) is 284 cm³/mol. The van der Waals surface area contributed by atoms with Crippen LogP contribution in [0, 0.1) is 31.7 Å². The van der Waals surface area contributed by atoms with Crippen molar-refractivity contribution in [1.29, 1.82) is 0 Å². The van der Waals surface area contributed by atoms with Gasteiger partial charge < -0.3 is 14.0 Å². The summed E-state index contributed by atoms with van der Waals surface area (Å²) in [7, 11) is 0. The minimum absolute atomic E-state index is 0. The van der Waals surface area contributed by atoms with Gasteiger partial charge in [0.05, 0.1) is 33.7 Å². The molecule has 1 radical (unpaired) electrons. The zero-order valence-corrected chi connectivity index (χ0v) is 43.0. The molecule has 0 aliphatic carbocycles. The van der Waals surface area contributed by atoms with Gasteiger partial charge in [-0.25, -0.2) is 0 Å². The summed E-state index contributed by atoms with van der Waals surface area (Å²) in [6, 6.07) is 57.1. The predicted octanol–water partition coefficient (Wildman–Crippen LogP) is 17.1. The second kappa shape index (κ2) is 19.4. The quantitative estimate of drug-likeness (QED) is 0.149. The number of hydrogen-bond donors (Lipinski definition) is 0. The Bertz CT molecular complexity index is 3790. The summed E-state index contributed by atoms with van der Waals surface area (Å²) in [6.07, 6.45) is 1.71. The second-order valence-electron chi connectivity index (χ2n) is 19.4. The first kappa shape index (κ1) is 44.2. The third kappa shape index (κ3) is 9.01. The van der Waals surface area contributed by atoms with Crippen LogP contribution in [0.5, 0.6) is 0 Å². The molecule has 0 fully saturated rings. The average molecular weight is 1100 g/mol. The summed E-state index contributed by atoms with van der Waals surface area (Å²) in [5, 5.41) is 3.15. The fourth-order valence-corrected chi connectivity index (χ4v) is 9.35. The Kier molecular flexibility index (Phi) is 12.2. The number of fused-ring (bicyclic) bond motifs is 6. The molecule has 0 N–H and O–H groups in total. The van der Waals surface area contributed by atoms with Crippen molar-refractivity contribution in [1.82, 2.24) is 19.5 Å². The Morgan fingerprint density at radius 3 is 2.04 bits per heavy atom. The minimum Gasteiger partial charge on any atom is -0.501 e. The SMILES string of the molecule is Cc1nc2ccccc2c2nc(-c3[c-]ccc4c3oc3cc(-c5cccc(-c6ccccc6)c5)ccc34)n(-c3c(C(C)C)cccc3C(C)C)c12.[2H]C([2H])([2H])c1c[c-]c(-c2ccc(C(C)(C)C)cn2)c(F)c1.[Ir]. The fourth-order valence-electron chi connectivity index (χ4n) is 9.35. The van der Waals surface area contributed by atoms with Gasteiger partial charge in [0.2, 0.25) is 0 Å². The molecule has 0 amide bonds. The molecule has 5 nitrogen and oxygen atoms in total. The summed E-state index contributed by atoms with van der Waals surface area (Å²) >= 11 is 0. The van der Waals surface area contributed by atoms with Crippen LogP contribution in [0.1, 0.15) is 92.4 Å². The van der Waals surface area contributed by atoms with Crippen LogP contribution < -0.4 is 0 Å². The molecule has 0 atom stereocenters. The molecule has 4 heterocycles. The molecule has 7 aromatic carbocycles. The van der Waals surface area contributed by atoms with Crippen LogP contribution in [-0.4, -0.2) is 19.5 Å². The van der Waals surface area contributed by atoms with Crippen molar-refractivity contribution in [3.05, 3.63) is 204 Å². The van der Waals surface area contributed by atoms with E-state index in [2.05, 4.69) is 192 Å². The second-order valence-corrected chi connectivity index (χ2v) is 19.4. The summed E-state index contributed by atoms with van der Waals surface area (Å²) in [4.78, 5) is 14.9. The largest absolute Gasteiger partial charge is 0.501 e. The van der Waals surface area contributed by atoms with E-state index in [9.17, 15) is 4.39 Å². The van der Waals surface area contributed by atoms with E-state index in [0.717, 1.165) is 83.7 Å². The number of imidazole rings is 1. The van der Waals surface area contributed by atoms with Gasteiger partial charge in [-0.15, -0.1) is 42.0 Å². The van der Waals surface area contributed by atoms with Crippen molar-refractivity contribution in [2.75, 3.05) is 0 Å². The summed E-state index contributed by atoms with van der Waals surface area (Å²) in [6.45, 7) is 15.0. The molecular weight excluding hydrogens is 1040 g/mol. The topological polar surface area (TPSA) is 56.7 Å². The molecule has 0 spiro atoms. The standard InChI is InChI=1S/C47H38N3O.C16H17FN.Ir/c1-28(2)35-19-12-20-36(29(3)4)45(35)50-44-30(5)48-41-23-10-9-18-39(41)43(44)49-47(50)40-22-13-21-38-37-25-24-34(27-42(37)51-46(38)40)33-17-11-16-32(26-33)31-14-7-6-8-15-31;1-11-5-7-13(14(17)9-11)15-8-6-12(10-18-15)16(2,3)4;/h6-21,23-29H,1-5H3;5-6,8-10H,1-4H3;/q2*-1;/i;1D3;. The van der Waals surface area contributed by atoms with Crippen LogP contribution in [0.2, 0.25) is 0 Å². The maximum absolute atomic E-state index is 14.1. The molecule has 351 valence electrons. The van der Waals surface area contributed by atoms with Gasteiger partial charge in [-0.05, 0) is 87.0 Å². The van der Waals surface area contributed by atoms with Crippen molar-refractivity contribution in [2.45, 2.75) is 79.5 Å². The zero-order valence-electron chi connectivity index (χ0n) is 43.6. The van der Waals surface area contributed by atoms with Gasteiger partial charge in [-0.3, -0.25) is 14.4 Å². The number of halogens is 1. The van der Waals surface area contributed by atoms with Crippen molar-refractivity contribution >= 4 is 43.9 Å². The molecule has 0 aliphatic rings. The van der Waals surface area contributed by atoms with E-state index in [1.54, 1.807) is 12.3 Å². The summed E-state index contributed by atoms with van der Waals surface area (Å²) in [5.74, 6) is 0.770. The maximum Gasteiger partial charge on any atom is 0.121 e. The normalized spacial score (nSPS) is 12.5. The smallest absolute Gasteiger partial charge is 0.121 e. The van der Waals surface area contributed by atoms with E-state index in [-0.39, 0.29) is 36.6 Å². The van der Waals surface area contributed by atoms with Gasteiger partial charge in [0.25, 0.3) is 0 Å². The summed E-state index contributed by atoms with van der Waals surface area (Å²) in [5.41, 5.74) is 16.2. The van der Waals surface area contributed by atoms with Gasteiger partial charge in [-0.2, -0.15) is 0 Å². The number of furan rings is 1. The number of nitrogens with zero attached hydrogens (tertiary/aromatic N) is 4. The zero-order chi connectivity index (χ0) is 50.6. The molecule has 0 bridgehead atoms. The molecule has 0 unspecified atom stereocenters. The summed E-state index contributed by atoms with van der Waals surface area (Å²) < 4.78 is 45.1. The number of pyridine rings is 2. The minimum atomic E-state index is -2.33. The van der Waals surface area contributed by atoms with Crippen molar-refractivity contribution < 1.29 is 33.0 Å². The van der Waals surface area contributed by atoms with E-state index in [0.29, 0.717) is 17.5 Å². The number of aryl methyl sites for hydroxylation is 2. The molecule has 7 heteroatoms. The van der Waals surface area contributed by atoms with Crippen LogP contribution in [0.3, 0.4) is 0 Å². The Labute approximate surface area is 428 Å². The van der Waals surface area contributed by atoms with Gasteiger partial charge in [0.1, 0.15) is 5.58 Å². The van der Waals surface area contributed by atoms with Crippen LogP contribution >= 0.6 is 0 Å².